The molecule has 0 aromatic heterocycles. The normalized spacial score (nSPS) is 12.2. The summed E-state index contributed by atoms with van der Waals surface area (Å²) < 4.78 is 70.2. The molecule has 0 atom stereocenters. The lowest BCUT2D eigenvalue weighted by Crippen LogP contribution is -2.22. The van der Waals surface area contributed by atoms with E-state index in [2.05, 4.69) is 4.74 Å². The molecule has 0 unspecified atom stereocenters. The molecule has 2 rings (SSSR count). The second-order valence-electron chi connectivity index (χ2n) is 5.44. The van der Waals surface area contributed by atoms with E-state index in [1.807, 2.05) is 6.92 Å². The van der Waals surface area contributed by atoms with Crippen LogP contribution in [0.1, 0.15) is 36.5 Å². The molecular formula is C18H17F5O. The highest BCUT2D eigenvalue weighted by molar-refractivity contribution is 5.31. The SMILES string of the molecule is CCCCc1ccc(C(F)(F)Oc2ccc(C(F)(F)F)cc2)cc1. The summed E-state index contributed by atoms with van der Waals surface area (Å²) in [5.41, 5.74) is -0.313. The lowest BCUT2D eigenvalue weighted by molar-refractivity contribution is -0.185. The second kappa shape index (κ2) is 7.20. The van der Waals surface area contributed by atoms with E-state index in [1.165, 1.54) is 12.1 Å². The number of aryl methyl sites for hydroxylation is 1. The predicted octanol–water partition coefficient (Wildman–Crippen LogP) is 6.18. The molecule has 0 amide bonds. The third kappa shape index (κ3) is 4.69. The van der Waals surface area contributed by atoms with Gasteiger partial charge in [0.05, 0.1) is 11.1 Å². The quantitative estimate of drug-likeness (QED) is 0.569. The van der Waals surface area contributed by atoms with Crippen molar-refractivity contribution in [2.24, 2.45) is 0 Å². The Balaban J connectivity index is 2.09. The zero-order chi connectivity index (χ0) is 17.8. The van der Waals surface area contributed by atoms with Crippen LogP contribution in [0.2, 0.25) is 0 Å². The van der Waals surface area contributed by atoms with E-state index in [4.69, 9.17) is 0 Å². The topological polar surface area (TPSA) is 9.23 Å². The van der Waals surface area contributed by atoms with Gasteiger partial charge in [0, 0.05) is 0 Å². The fourth-order valence-electron chi connectivity index (χ4n) is 2.17. The minimum absolute atomic E-state index is 0.331. The lowest BCUT2D eigenvalue weighted by atomic mass is 10.1. The largest absolute Gasteiger partial charge is 0.429 e. The fourth-order valence-corrected chi connectivity index (χ4v) is 2.17. The molecule has 0 heterocycles. The van der Waals surface area contributed by atoms with Gasteiger partial charge in [0.2, 0.25) is 0 Å². The van der Waals surface area contributed by atoms with Gasteiger partial charge >= 0.3 is 12.3 Å². The van der Waals surface area contributed by atoms with E-state index < -0.39 is 17.8 Å². The van der Waals surface area contributed by atoms with E-state index in [1.54, 1.807) is 12.1 Å². The summed E-state index contributed by atoms with van der Waals surface area (Å²) in [7, 11) is 0. The van der Waals surface area contributed by atoms with Crippen molar-refractivity contribution in [1.82, 2.24) is 0 Å². The molecule has 0 fully saturated rings. The van der Waals surface area contributed by atoms with Gasteiger partial charge < -0.3 is 4.74 Å². The smallest absolute Gasteiger partial charge is 0.426 e. The van der Waals surface area contributed by atoms with Gasteiger partial charge in [-0.2, -0.15) is 22.0 Å². The van der Waals surface area contributed by atoms with Crippen LogP contribution < -0.4 is 4.74 Å². The highest BCUT2D eigenvalue weighted by atomic mass is 19.4. The zero-order valence-electron chi connectivity index (χ0n) is 13.0. The van der Waals surface area contributed by atoms with Crippen LogP contribution in [0.3, 0.4) is 0 Å². The molecule has 6 heteroatoms. The molecule has 0 radical (unpaired) electrons. The standard InChI is InChI=1S/C18H17F5O/c1-2-3-4-13-5-7-15(8-6-13)18(22,23)24-16-11-9-14(10-12-16)17(19,20)21/h5-12H,2-4H2,1H3. The first kappa shape index (κ1) is 18.2. The molecule has 1 nitrogen and oxygen atoms in total. The Hall–Kier alpha value is -2.11. The number of unbranched alkanes of at least 4 members (excludes halogenated alkanes) is 1. The van der Waals surface area contributed by atoms with Gasteiger partial charge in [-0.05, 0) is 54.8 Å². The van der Waals surface area contributed by atoms with Crippen molar-refractivity contribution in [2.45, 2.75) is 38.5 Å². The van der Waals surface area contributed by atoms with Crippen LogP contribution in [-0.4, -0.2) is 0 Å². The molecule has 130 valence electrons. The number of halogens is 5. The van der Waals surface area contributed by atoms with E-state index >= 15 is 0 Å². The van der Waals surface area contributed by atoms with Crippen molar-refractivity contribution in [3.63, 3.8) is 0 Å². The summed E-state index contributed by atoms with van der Waals surface area (Å²) >= 11 is 0. The maximum absolute atomic E-state index is 14.1. The summed E-state index contributed by atoms with van der Waals surface area (Å²) in [6.07, 6.45) is -5.35. The van der Waals surface area contributed by atoms with Crippen LogP contribution in [0.25, 0.3) is 0 Å². The monoisotopic (exact) mass is 344 g/mol. The molecule has 24 heavy (non-hydrogen) atoms. The van der Waals surface area contributed by atoms with Gasteiger partial charge in [0.1, 0.15) is 5.75 Å². The highest BCUT2D eigenvalue weighted by Crippen LogP contribution is 2.34. The van der Waals surface area contributed by atoms with Crippen molar-refractivity contribution < 1.29 is 26.7 Å². The molecule has 2 aromatic rings. The fraction of sp³-hybridized carbons (Fsp3) is 0.333. The summed E-state index contributed by atoms with van der Waals surface area (Å²) in [6, 6.07) is 8.94. The maximum atomic E-state index is 14.1. The van der Waals surface area contributed by atoms with Crippen LogP contribution in [0.15, 0.2) is 48.5 Å². The van der Waals surface area contributed by atoms with Crippen LogP contribution >= 0.6 is 0 Å². The molecule has 0 spiro atoms. The first-order chi connectivity index (χ1) is 11.2. The first-order valence-corrected chi connectivity index (χ1v) is 7.56. The average molecular weight is 344 g/mol. The number of alkyl halides is 5. The Bertz CT molecular complexity index is 645. The second-order valence-corrected chi connectivity index (χ2v) is 5.44. The highest BCUT2D eigenvalue weighted by Gasteiger charge is 2.35. The van der Waals surface area contributed by atoms with Crippen molar-refractivity contribution in [2.75, 3.05) is 0 Å². The first-order valence-electron chi connectivity index (χ1n) is 7.56. The van der Waals surface area contributed by atoms with E-state index in [0.29, 0.717) is 12.1 Å². The summed E-state index contributed by atoms with van der Waals surface area (Å²) in [5.74, 6) is -0.331. The third-order valence-corrected chi connectivity index (χ3v) is 3.54. The van der Waals surface area contributed by atoms with E-state index in [9.17, 15) is 22.0 Å². The summed E-state index contributed by atoms with van der Waals surface area (Å²) in [5, 5.41) is 0. The van der Waals surface area contributed by atoms with Crippen molar-refractivity contribution >= 4 is 0 Å². The Morgan fingerprint density at radius 3 is 1.83 bits per heavy atom. The van der Waals surface area contributed by atoms with Gasteiger partial charge in [-0.15, -0.1) is 0 Å². The van der Waals surface area contributed by atoms with Gasteiger partial charge in [0.15, 0.2) is 0 Å². The predicted molar refractivity (Wildman–Crippen MR) is 81.0 cm³/mol. The molecule has 0 saturated carbocycles. The number of hydrogen-bond donors (Lipinski definition) is 0. The molecule has 0 aliphatic heterocycles. The van der Waals surface area contributed by atoms with E-state index in [-0.39, 0.29) is 11.3 Å². The zero-order valence-corrected chi connectivity index (χ0v) is 13.0. The van der Waals surface area contributed by atoms with Crippen molar-refractivity contribution in [3.05, 3.63) is 65.2 Å². The van der Waals surface area contributed by atoms with Gasteiger partial charge in [-0.25, -0.2) is 0 Å². The van der Waals surface area contributed by atoms with Gasteiger partial charge in [-0.1, -0.05) is 25.5 Å². The Morgan fingerprint density at radius 2 is 1.33 bits per heavy atom. The molecule has 2 aromatic carbocycles. The third-order valence-electron chi connectivity index (χ3n) is 3.54. The number of rotatable bonds is 6. The van der Waals surface area contributed by atoms with Crippen LogP contribution in [-0.2, 0) is 18.7 Å². The Labute approximate surface area is 137 Å². The molecular weight excluding hydrogens is 327 g/mol. The molecule has 0 aliphatic rings. The average Bonchev–Trinajstić information content (AvgIpc) is 2.52. The number of hydrogen-bond acceptors (Lipinski definition) is 1. The minimum Gasteiger partial charge on any atom is -0.429 e. The maximum Gasteiger partial charge on any atom is 0.426 e. The van der Waals surface area contributed by atoms with Crippen LogP contribution in [0, 0.1) is 0 Å². The van der Waals surface area contributed by atoms with Crippen LogP contribution in [0.5, 0.6) is 5.75 Å². The number of benzene rings is 2. The summed E-state index contributed by atoms with van der Waals surface area (Å²) in [6.45, 7) is 2.04. The minimum atomic E-state index is -4.52. The van der Waals surface area contributed by atoms with Crippen molar-refractivity contribution in [1.29, 1.82) is 0 Å². The molecule has 0 N–H and O–H groups in total. The van der Waals surface area contributed by atoms with Crippen LogP contribution in [0.4, 0.5) is 22.0 Å². The Kier molecular flexibility index (Phi) is 5.47. The molecule has 0 saturated heterocycles. The molecule has 0 bridgehead atoms. The Morgan fingerprint density at radius 1 is 0.792 bits per heavy atom. The van der Waals surface area contributed by atoms with Crippen molar-refractivity contribution in [3.8, 4) is 5.75 Å². The summed E-state index contributed by atoms with van der Waals surface area (Å²) in [4.78, 5) is 0. The lowest BCUT2D eigenvalue weighted by Gasteiger charge is -2.19. The molecule has 0 aliphatic carbocycles. The van der Waals surface area contributed by atoms with Gasteiger partial charge in [0.25, 0.3) is 0 Å². The van der Waals surface area contributed by atoms with Gasteiger partial charge in [-0.3, -0.25) is 0 Å². The number of ether oxygens (including phenoxy) is 1. The van der Waals surface area contributed by atoms with E-state index in [0.717, 1.165) is 37.0 Å².